The number of carbonyl (C=O) groups is 2. The van der Waals surface area contributed by atoms with E-state index in [-0.39, 0.29) is 18.6 Å². The first-order valence-corrected chi connectivity index (χ1v) is 4.71. The number of primary amides is 1. The first kappa shape index (κ1) is 9.85. The first-order chi connectivity index (χ1) is 6.09. The molecule has 0 bridgehead atoms. The van der Waals surface area contributed by atoms with Crippen molar-refractivity contribution >= 4 is 23.0 Å². The maximum Gasteiger partial charge on any atom is 0.217 e. The Morgan fingerprint density at radius 2 is 2.23 bits per heavy atom. The van der Waals surface area contributed by atoms with E-state index in [1.165, 1.54) is 11.3 Å². The summed E-state index contributed by atoms with van der Waals surface area (Å²) in [5.41, 5.74) is 5.35. The first-order valence-electron chi connectivity index (χ1n) is 3.83. The average Bonchev–Trinajstić information content (AvgIpc) is 2.47. The van der Waals surface area contributed by atoms with Crippen molar-refractivity contribution in [2.24, 2.45) is 5.73 Å². The molecule has 0 aliphatic rings. The summed E-state index contributed by atoms with van der Waals surface area (Å²) in [6.45, 7) is 1.83. The molecule has 0 aliphatic carbocycles. The fourth-order valence-electron chi connectivity index (χ4n) is 0.856. The molecule has 1 aromatic rings. The van der Waals surface area contributed by atoms with Crippen molar-refractivity contribution in [3.8, 4) is 0 Å². The van der Waals surface area contributed by atoms with Crippen LogP contribution in [0.3, 0.4) is 0 Å². The summed E-state index contributed by atoms with van der Waals surface area (Å²) >= 11 is 1.42. The summed E-state index contributed by atoms with van der Waals surface area (Å²) in [6, 6.07) is 0. The van der Waals surface area contributed by atoms with E-state index in [9.17, 15) is 9.59 Å². The van der Waals surface area contributed by atoms with E-state index in [4.69, 9.17) is 5.73 Å². The lowest BCUT2D eigenvalue weighted by atomic mass is 10.2. The molecule has 0 atom stereocenters. The van der Waals surface area contributed by atoms with Gasteiger partial charge in [-0.2, -0.15) is 0 Å². The number of nitrogens with two attached hydrogens (primary N) is 1. The molecule has 1 heterocycles. The van der Waals surface area contributed by atoms with Crippen LogP contribution in [0.2, 0.25) is 0 Å². The van der Waals surface area contributed by atoms with Gasteiger partial charge in [0.15, 0.2) is 5.78 Å². The van der Waals surface area contributed by atoms with Crippen LogP contribution in [0.1, 0.15) is 28.3 Å². The van der Waals surface area contributed by atoms with Crippen LogP contribution in [-0.4, -0.2) is 16.7 Å². The number of nitrogens with zero attached hydrogens (tertiary/aromatic N) is 1. The monoisotopic (exact) mass is 198 g/mol. The Morgan fingerprint density at radius 1 is 1.54 bits per heavy atom. The third-order valence-corrected chi connectivity index (χ3v) is 2.28. The Kier molecular flexibility index (Phi) is 3.13. The maximum absolute atomic E-state index is 11.3. The predicted molar refractivity (Wildman–Crippen MR) is 49.6 cm³/mol. The lowest BCUT2D eigenvalue weighted by Gasteiger charge is -1.93. The molecule has 0 radical (unpaired) electrons. The van der Waals surface area contributed by atoms with Crippen LogP contribution >= 0.6 is 11.3 Å². The van der Waals surface area contributed by atoms with Crippen LogP contribution in [0.25, 0.3) is 0 Å². The summed E-state index contributed by atoms with van der Waals surface area (Å²) in [4.78, 5) is 25.7. The van der Waals surface area contributed by atoms with Crippen molar-refractivity contribution in [2.45, 2.75) is 19.8 Å². The van der Waals surface area contributed by atoms with Gasteiger partial charge in [-0.05, 0) is 6.92 Å². The average molecular weight is 198 g/mol. The number of aromatic nitrogens is 1. The Bertz CT molecular complexity index is 333. The molecule has 4 nitrogen and oxygen atoms in total. The van der Waals surface area contributed by atoms with Gasteiger partial charge in [-0.3, -0.25) is 9.59 Å². The lowest BCUT2D eigenvalue weighted by molar-refractivity contribution is -0.118. The van der Waals surface area contributed by atoms with Gasteiger partial charge in [0.1, 0.15) is 5.69 Å². The number of rotatable bonds is 4. The largest absolute Gasteiger partial charge is 0.370 e. The normalized spacial score (nSPS) is 9.92. The van der Waals surface area contributed by atoms with Gasteiger partial charge in [0, 0.05) is 18.2 Å². The molecule has 0 saturated carbocycles. The van der Waals surface area contributed by atoms with E-state index in [0.717, 1.165) is 5.01 Å². The number of ketones is 1. The van der Waals surface area contributed by atoms with E-state index >= 15 is 0 Å². The van der Waals surface area contributed by atoms with Gasteiger partial charge in [0.2, 0.25) is 5.91 Å². The molecule has 0 fully saturated rings. The van der Waals surface area contributed by atoms with Crippen LogP contribution in [0, 0.1) is 6.92 Å². The fourth-order valence-corrected chi connectivity index (χ4v) is 1.47. The SMILES string of the molecule is Cc1nc(C(=O)CCC(N)=O)cs1. The van der Waals surface area contributed by atoms with Gasteiger partial charge >= 0.3 is 0 Å². The molecule has 0 saturated heterocycles. The Labute approximate surface area is 79.8 Å². The van der Waals surface area contributed by atoms with E-state index < -0.39 is 5.91 Å². The minimum Gasteiger partial charge on any atom is -0.370 e. The van der Waals surface area contributed by atoms with Crippen molar-refractivity contribution in [1.29, 1.82) is 0 Å². The molecule has 0 unspecified atom stereocenters. The molecule has 0 spiro atoms. The number of aryl methyl sites for hydroxylation is 1. The van der Waals surface area contributed by atoms with Gasteiger partial charge in [-0.1, -0.05) is 0 Å². The highest BCUT2D eigenvalue weighted by molar-refractivity contribution is 7.09. The summed E-state index contributed by atoms with van der Waals surface area (Å²) in [5.74, 6) is -0.580. The second-order valence-electron chi connectivity index (χ2n) is 2.64. The highest BCUT2D eigenvalue weighted by atomic mass is 32.1. The van der Waals surface area contributed by atoms with Crippen molar-refractivity contribution in [2.75, 3.05) is 0 Å². The number of carbonyl (C=O) groups excluding carboxylic acids is 2. The fraction of sp³-hybridized carbons (Fsp3) is 0.375. The molecule has 0 aromatic carbocycles. The zero-order chi connectivity index (χ0) is 9.84. The van der Waals surface area contributed by atoms with Crippen molar-refractivity contribution in [3.63, 3.8) is 0 Å². The van der Waals surface area contributed by atoms with Crippen LogP contribution in [0.5, 0.6) is 0 Å². The molecule has 1 aromatic heterocycles. The number of hydrogen-bond acceptors (Lipinski definition) is 4. The molecule has 2 N–H and O–H groups in total. The molecule has 5 heteroatoms. The summed E-state index contributed by atoms with van der Waals surface area (Å²) < 4.78 is 0. The van der Waals surface area contributed by atoms with E-state index in [1.807, 2.05) is 6.92 Å². The molecule has 13 heavy (non-hydrogen) atoms. The van der Waals surface area contributed by atoms with Crippen LogP contribution in [-0.2, 0) is 4.79 Å². The van der Waals surface area contributed by atoms with Crippen molar-refractivity contribution in [3.05, 3.63) is 16.1 Å². The standard InChI is InChI=1S/C8H10N2O2S/c1-5-10-6(4-13-5)7(11)2-3-8(9)12/h4H,2-3H2,1H3,(H2,9,12). The second-order valence-corrected chi connectivity index (χ2v) is 3.70. The van der Waals surface area contributed by atoms with Crippen molar-refractivity contribution in [1.82, 2.24) is 4.98 Å². The predicted octanol–water partition coefficient (Wildman–Crippen LogP) is 0.900. The van der Waals surface area contributed by atoms with Gasteiger partial charge in [0.25, 0.3) is 0 Å². The maximum atomic E-state index is 11.3. The third-order valence-electron chi connectivity index (χ3n) is 1.50. The van der Waals surface area contributed by atoms with Crippen molar-refractivity contribution < 1.29 is 9.59 Å². The number of amides is 1. The van der Waals surface area contributed by atoms with Gasteiger partial charge < -0.3 is 5.73 Å². The number of Topliss-reactive ketones (excluding diaryl/α,β-unsaturated/α-hetero) is 1. The Balaban J connectivity index is 2.54. The number of thiazole rings is 1. The van der Waals surface area contributed by atoms with Crippen LogP contribution < -0.4 is 5.73 Å². The van der Waals surface area contributed by atoms with E-state index in [1.54, 1.807) is 5.38 Å². The highest BCUT2D eigenvalue weighted by Crippen LogP contribution is 2.10. The zero-order valence-corrected chi connectivity index (χ0v) is 8.06. The van der Waals surface area contributed by atoms with E-state index in [0.29, 0.717) is 5.69 Å². The molecular weight excluding hydrogens is 188 g/mol. The van der Waals surface area contributed by atoms with Crippen LogP contribution in [0.15, 0.2) is 5.38 Å². The topological polar surface area (TPSA) is 73.1 Å². The molecule has 1 rings (SSSR count). The minimum absolute atomic E-state index is 0.0927. The van der Waals surface area contributed by atoms with Gasteiger partial charge in [-0.15, -0.1) is 11.3 Å². The lowest BCUT2D eigenvalue weighted by Crippen LogP contribution is -2.12. The summed E-state index contributed by atoms with van der Waals surface area (Å²) in [5, 5.41) is 2.54. The summed E-state index contributed by atoms with van der Waals surface area (Å²) in [6.07, 6.45) is 0.244. The van der Waals surface area contributed by atoms with E-state index in [2.05, 4.69) is 4.98 Å². The Hall–Kier alpha value is -1.23. The zero-order valence-electron chi connectivity index (χ0n) is 7.24. The Morgan fingerprint density at radius 3 is 2.69 bits per heavy atom. The summed E-state index contributed by atoms with van der Waals surface area (Å²) in [7, 11) is 0. The third kappa shape index (κ3) is 2.95. The highest BCUT2D eigenvalue weighted by Gasteiger charge is 2.09. The smallest absolute Gasteiger partial charge is 0.217 e. The quantitative estimate of drug-likeness (QED) is 0.730. The second kappa shape index (κ2) is 4.13. The van der Waals surface area contributed by atoms with Gasteiger partial charge in [-0.25, -0.2) is 4.98 Å². The number of hydrogen-bond donors (Lipinski definition) is 1. The molecule has 1 amide bonds. The molecule has 0 aliphatic heterocycles. The van der Waals surface area contributed by atoms with Crippen LogP contribution in [0.4, 0.5) is 0 Å². The molecular formula is C8H10N2O2S. The minimum atomic E-state index is -0.458. The molecule has 70 valence electrons. The van der Waals surface area contributed by atoms with Gasteiger partial charge in [0.05, 0.1) is 5.01 Å².